The van der Waals surface area contributed by atoms with Gasteiger partial charge in [0.25, 0.3) is 0 Å². The summed E-state index contributed by atoms with van der Waals surface area (Å²) in [6.45, 7) is 2.04. The molecule has 1 N–H and O–H groups in total. The van der Waals surface area contributed by atoms with E-state index in [0.29, 0.717) is 6.42 Å². The number of hydrogen-bond donors (Lipinski definition) is 1. The maximum absolute atomic E-state index is 12.0. The first kappa shape index (κ1) is 11.1. The molecule has 0 aromatic rings. The summed E-state index contributed by atoms with van der Waals surface area (Å²) in [6.07, 6.45) is -6.68. The second-order valence-corrected chi connectivity index (χ2v) is 2.02. The molecule has 72 valence electrons. The highest BCUT2D eigenvalue weighted by molar-refractivity contribution is 5.67. The van der Waals surface area contributed by atoms with Crippen LogP contribution >= 0.6 is 0 Å². The molecule has 0 aliphatic carbocycles. The number of alkyl halides is 3. The van der Waals surface area contributed by atoms with E-state index in [-0.39, 0.29) is 6.54 Å². The zero-order valence-electron chi connectivity index (χ0n) is 6.52. The molecule has 1 unspecified atom stereocenters. The van der Waals surface area contributed by atoms with Gasteiger partial charge in [-0.05, 0) is 6.42 Å². The van der Waals surface area contributed by atoms with Gasteiger partial charge < -0.3 is 10.1 Å². The molecule has 0 heterocycles. The van der Waals surface area contributed by atoms with Crippen LogP contribution in [0.1, 0.15) is 13.3 Å². The molecule has 1 amide bonds. The second-order valence-electron chi connectivity index (χ2n) is 2.02. The highest BCUT2D eigenvalue weighted by Crippen LogP contribution is 2.06. The van der Waals surface area contributed by atoms with Crippen LogP contribution in [0, 0.1) is 0 Å². The Morgan fingerprint density at radius 1 is 1.50 bits per heavy atom. The third-order valence-electron chi connectivity index (χ3n) is 0.937. The van der Waals surface area contributed by atoms with Gasteiger partial charge in [0.1, 0.15) is 0 Å². The van der Waals surface area contributed by atoms with Gasteiger partial charge >= 0.3 is 18.9 Å². The quantitative estimate of drug-likeness (QED) is 0.723. The molecule has 6 heteroatoms. The van der Waals surface area contributed by atoms with Crippen LogP contribution in [0.2, 0.25) is 0 Å². The van der Waals surface area contributed by atoms with Crippen molar-refractivity contribution in [2.75, 3.05) is 6.54 Å². The van der Waals surface area contributed by atoms with Crippen LogP contribution in [0.5, 0.6) is 0 Å². The van der Waals surface area contributed by atoms with Crippen molar-refractivity contribution < 1.29 is 22.7 Å². The molecule has 0 fully saturated rings. The van der Waals surface area contributed by atoms with E-state index in [4.69, 9.17) is 0 Å². The van der Waals surface area contributed by atoms with Crippen LogP contribution in [0.15, 0.2) is 0 Å². The average molecular weight is 185 g/mol. The van der Waals surface area contributed by atoms with Crippen LogP contribution < -0.4 is 5.32 Å². The van der Waals surface area contributed by atoms with Gasteiger partial charge in [-0.2, -0.15) is 4.39 Å². The van der Waals surface area contributed by atoms with E-state index in [2.05, 4.69) is 10.1 Å². The lowest BCUT2D eigenvalue weighted by molar-refractivity contribution is -0.0902. The molecule has 0 aliphatic heterocycles. The van der Waals surface area contributed by atoms with E-state index in [9.17, 15) is 18.0 Å². The lowest BCUT2D eigenvalue weighted by Crippen LogP contribution is -2.30. The van der Waals surface area contributed by atoms with Crippen molar-refractivity contribution in [2.24, 2.45) is 0 Å². The second kappa shape index (κ2) is 5.68. The summed E-state index contributed by atoms with van der Waals surface area (Å²) in [6, 6.07) is 0. The Labute approximate surface area is 67.9 Å². The number of amides is 1. The first-order valence-corrected chi connectivity index (χ1v) is 3.44. The standard InChI is InChI=1S/C6H10F3NO2/c1-2-3-10-6(11)12-5(9)4(7)8/h4-5H,2-3H2,1H3,(H,10,11). The lowest BCUT2D eigenvalue weighted by atomic mass is 10.5. The summed E-state index contributed by atoms with van der Waals surface area (Å²) in [4.78, 5) is 10.4. The monoisotopic (exact) mass is 185 g/mol. The van der Waals surface area contributed by atoms with Crippen molar-refractivity contribution in [1.29, 1.82) is 0 Å². The predicted molar refractivity (Wildman–Crippen MR) is 35.7 cm³/mol. The summed E-state index contributed by atoms with van der Waals surface area (Å²) < 4.78 is 38.5. The van der Waals surface area contributed by atoms with Gasteiger partial charge in [-0.1, -0.05) is 6.92 Å². The largest absolute Gasteiger partial charge is 0.409 e. The molecule has 0 radical (unpaired) electrons. The Balaban J connectivity index is 3.54. The molecule has 0 aliphatic rings. The molecular weight excluding hydrogens is 175 g/mol. The van der Waals surface area contributed by atoms with Gasteiger partial charge in [0.05, 0.1) is 0 Å². The Kier molecular flexibility index (Phi) is 5.23. The molecule has 0 saturated carbocycles. The van der Waals surface area contributed by atoms with Crippen molar-refractivity contribution in [3.63, 3.8) is 0 Å². The van der Waals surface area contributed by atoms with Gasteiger partial charge in [0.2, 0.25) is 0 Å². The summed E-state index contributed by atoms with van der Waals surface area (Å²) in [5.41, 5.74) is 0. The maximum atomic E-state index is 12.0. The SMILES string of the molecule is CCCNC(=O)OC(F)C(F)F. The number of carbonyl (C=O) groups excluding carboxylic acids is 1. The molecule has 0 aromatic heterocycles. The van der Waals surface area contributed by atoms with Crippen LogP contribution in [0.25, 0.3) is 0 Å². The van der Waals surface area contributed by atoms with E-state index in [1.807, 2.05) is 0 Å². The Morgan fingerprint density at radius 2 is 2.08 bits per heavy atom. The highest BCUT2D eigenvalue weighted by atomic mass is 19.3. The minimum Gasteiger partial charge on any atom is -0.409 e. The summed E-state index contributed by atoms with van der Waals surface area (Å²) in [7, 11) is 0. The van der Waals surface area contributed by atoms with Crippen LogP contribution in [-0.2, 0) is 4.74 Å². The van der Waals surface area contributed by atoms with Crippen LogP contribution in [0.3, 0.4) is 0 Å². The number of rotatable bonds is 4. The molecular formula is C6H10F3NO2. The van der Waals surface area contributed by atoms with Crippen LogP contribution in [0.4, 0.5) is 18.0 Å². The molecule has 3 nitrogen and oxygen atoms in total. The molecule has 0 saturated heterocycles. The van der Waals surface area contributed by atoms with Crippen molar-refractivity contribution in [2.45, 2.75) is 26.1 Å². The summed E-state index contributed by atoms with van der Waals surface area (Å²) in [5.74, 6) is 0. The molecule has 0 aromatic carbocycles. The Bertz CT molecular complexity index is 143. The normalized spacial score (nSPS) is 12.8. The van der Waals surface area contributed by atoms with E-state index < -0.39 is 18.9 Å². The van der Waals surface area contributed by atoms with Gasteiger partial charge in [-0.3, -0.25) is 0 Å². The first-order chi connectivity index (χ1) is 5.57. The Hall–Kier alpha value is -0.940. The number of alkyl carbamates (subject to hydrolysis) is 1. The highest BCUT2D eigenvalue weighted by Gasteiger charge is 2.22. The summed E-state index contributed by atoms with van der Waals surface area (Å²) >= 11 is 0. The van der Waals surface area contributed by atoms with Crippen molar-refractivity contribution in [3.05, 3.63) is 0 Å². The van der Waals surface area contributed by atoms with E-state index in [1.165, 1.54) is 0 Å². The smallest absolute Gasteiger partial charge is 0.409 e. The number of hydrogen-bond acceptors (Lipinski definition) is 2. The minimum atomic E-state index is -3.29. The van der Waals surface area contributed by atoms with Gasteiger partial charge in [0.15, 0.2) is 0 Å². The van der Waals surface area contributed by atoms with Crippen molar-refractivity contribution in [1.82, 2.24) is 5.32 Å². The fourth-order valence-electron chi connectivity index (χ4n) is 0.422. The number of ether oxygens (including phenoxy) is 1. The van der Waals surface area contributed by atoms with Gasteiger partial charge in [-0.15, -0.1) is 0 Å². The Morgan fingerprint density at radius 3 is 2.50 bits per heavy atom. The number of carbonyl (C=O) groups is 1. The van der Waals surface area contributed by atoms with Crippen LogP contribution in [-0.4, -0.2) is 25.4 Å². The van der Waals surface area contributed by atoms with E-state index >= 15 is 0 Å². The minimum absolute atomic E-state index is 0.273. The zero-order valence-corrected chi connectivity index (χ0v) is 6.52. The third kappa shape index (κ3) is 4.81. The maximum Gasteiger partial charge on any atom is 0.409 e. The molecule has 12 heavy (non-hydrogen) atoms. The predicted octanol–water partition coefficient (Wildman–Crippen LogP) is 1.68. The fraction of sp³-hybridized carbons (Fsp3) is 0.833. The first-order valence-electron chi connectivity index (χ1n) is 3.44. The topological polar surface area (TPSA) is 38.3 Å². The number of nitrogens with one attached hydrogen (secondary N) is 1. The fourth-order valence-corrected chi connectivity index (χ4v) is 0.422. The van der Waals surface area contributed by atoms with Gasteiger partial charge in [-0.25, -0.2) is 13.6 Å². The molecule has 0 bridgehead atoms. The molecule has 1 atom stereocenters. The number of halogens is 3. The molecule has 0 spiro atoms. The van der Waals surface area contributed by atoms with Crippen molar-refractivity contribution in [3.8, 4) is 0 Å². The van der Waals surface area contributed by atoms with E-state index in [1.54, 1.807) is 6.92 Å². The lowest BCUT2D eigenvalue weighted by Gasteiger charge is -2.08. The van der Waals surface area contributed by atoms with Gasteiger partial charge in [0, 0.05) is 6.54 Å². The average Bonchev–Trinajstić information content (AvgIpc) is 2.00. The zero-order chi connectivity index (χ0) is 9.56. The molecule has 0 rings (SSSR count). The summed E-state index contributed by atoms with van der Waals surface area (Å²) in [5, 5.41) is 2.08. The van der Waals surface area contributed by atoms with Crippen molar-refractivity contribution >= 4 is 6.09 Å². The van der Waals surface area contributed by atoms with E-state index in [0.717, 1.165) is 0 Å². The third-order valence-corrected chi connectivity index (χ3v) is 0.937.